The molecule has 9 atom stereocenters. The van der Waals surface area contributed by atoms with Crippen LogP contribution in [-0.4, -0.2) is 142 Å². The van der Waals surface area contributed by atoms with E-state index in [2.05, 4.69) is 15.3 Å². The number of hydrogen-bond donors (Lipinski definition) is 7. The number of Topliss-reactive ketones (excluding diaryl/α,β-unsaturated/α-hetero) is 1. The number of allylic oxidation sites excluding steroid dienone is 2. The Morgan fingerprint density at radius 1 is 0.967 bits per heavy atom. The van der Waals surface area contributed by atoms with E-state index in [0.29, 0.717) is 26.2 Å². The lowest BCUT2D eigenvalue weighted by molar-refractivity contribution is -0.166. The topological polar surface area (TPSA) is 240 Å². The summed E-state index contributed by atoms with van der Waals surface area (Å²) in [7, 11) is 3.37. The number of likely N-dealkylation sites (N-methyl/N-ethyl adjacent to an activating group) is 1. The minimum Gasteiger partial charge on any atom is -0.507 e. The maximum Gasteiger partial charge on any atom is 0.332 e. The zero-order valence-corrected chi connectivity index (χ0v) is 35.5. The summed E-state index contributed by atoms with van der Waals surface area (Å²) in [5, 5.41) is 76.4. The van der Waals surface area contributed by atoms with Crippen LogP contribution in [-0.2, 0) is 23.8 Å². The third kappa shape index (κ3) is 8.95. The van der Waals surface area contributed by atoms with Gasteiger partial charge in [0.2, 0.25) is 0 Å². The number of hydrogen-bond acceptors (Lipinski definition) is 16. The van der Waals surface area contributed by atoms with Crippen LogP contribution in [0.15, 0.2) is 41.2 Å². The highest BCUT2D eigenvalue weighted by Crippen LogP contribution is 2.55. The molecule has 4 heterocycles. The molecule has 1 amide bonds. The number of carbonyl (C=O) groups excluding carboxylic acids is 3. The molecule has 0 saturated carbocycles. The highest BCUT2D eigenvalue weighted by Gasteiger charge is 2.50. The fourth-order valence-electron chi connectivity index (χ4n) is 7.92. The predicted octanol–water partition coefficient (Wildman–Crippen LogP) is 3.31. The number of anilines is 1. The smallest absolute Gasteiger partial charge is 0.332 e. The Hall–Kier alpha value is -5.20. The van der Waals surface area contributed by atoms with Gasteiger partial charge < -0.3 is 59.8 Å². The van der Waals surface area contributed by atoms with Gasteiger partial charge in [-0.25, -0.2) is 4.79 Å². The van der Waals surface area contributed by atoms with Crippen molar-refractivity contribution in [1.82, 2.24) is 9.91 Å². The number of ketones is 1. The fourth-order valence-corrected chi connectivity index (χ4v) is 7.92. The van der Waals surface area contributed by atoms with Crippen molar-refractivity contribution in [2.75, 3.05) is 52.3 Å². The van der Waals surface area contributed by atoms with Crippen LogP contribution in [0, 0.1) is 30.6 Å². The number of carbonyl (C=O) groups is 3. The van der Waals surface area contributed by atoms with Gasteiger partial charge in [-0.1, -0.05) is 45.9 Å². The molecule has 2 aromatic rings. The van der Waals surface area contributed by atoms with E-state index in [9.17, 15) is 45.0 Å². The first-order valence-corrected chi connectivity index (χ1v) is 20.0. The first-order chi connectivity index (χ1) is 28.3. The predicted molar refractivity (Wildman–Crippen MR) is 222 cm³/mol. The summed E-state index contributed by atoms with van der Waals surface area (Å²) in [4.78, 5) is 42.8. The molecule has 6 rings (SSSR count). The zero-order valence-electron chi connectivity index (χ0n) is 35.5. The summed E-state index contributed by atoms with van der Waals surface area (Å²) >= 11 is 0. The first-order valence-electron chi connectivity index (χ1n) is 20.0. The van der Waals surface area contributed by atoms with Gasteiger partial charge in [-0.3, -0.25) is 14.6 Å². The first kappa shape index (κ1) is 45.9. The fraction of sp³-hybridized carbons (Fsp3) is 0.535. The number of amides is 1. The second-order valence-corrected chi connectivity index (χ2v) is 16.2. The Balaban J connectivity index is 1.70. The Morgan fingerprint density at radius 2 is 1.63 bits per heavy atom. The lowest BCUT2D eigenvalue weighted by Gasteiger charge is -2.38. The average molecular weight is 839 g/mol. The van der Waals surface area contributed by atoms with Crippen LogP contribution in [0.25, 0.3) is 10.8 Å². The van der Waals surface area contributed by atoms with Gasteiger partial charge in [-0.05, 0) is 27.0 Å². The van der Waals surface area contributed by atoms with Crippen LogP contribution < -0.4 is 10.1 Å². The standard InChI is InChI=1S/C43H58N4O13/c1-21-11-10-12-22(2)42(56)45-33-27(19-44-47-16-14-46(8)15-17-47)37(53)30-31(38(33)54)36(52)26(6)40-32(30)41(55)43(7,60-40)58-18-13-28(57-9)23(3)39(59-29(49)20-48)25(5)35(51)24(4)34(21)50/h10-13,18-19,21,23-25,28,34-35,39,48,50-54H,14-17,20H2,1-9H3,(H,45,56)/b11-10+,18-13+,22-12-,44-19+/t21-,23+,24+,25+,28-,34-,35+,39+,43-/m0/s1. The SMILES string of the molecule is CO[C@H]1/C=C/O[C@@]2(C)Oc3c(C)c(O)c4c(O)c(c(/C=N/N5CCN(C)CC5)c(O)c4c3C2=O)NC(=O)/C(C)=C\C=C\[C@H](C)[C@H](O)[C@@H](C)[C@@H](O)[C@@H](C)[C@H](OC(=O)CO)[C@@H]1C. The number of aliphatic hydroxyl groups is 3. The van der Waals surface area contributed by atoms with E-state index >= 15 is 0 Å². The van der Waals surface area contributed by atoms with Gasteiger partial charge >= 0.3 is 11.8 Å². The minimum atomic E-state index is -2.08. The molecule has 4 aliphatic heterocycles. The molecule has 328 valence electrons. The average Bonchev–Trinajstić information content (AvgIpc) is 3.49. The number of nitrogens with one attached hydrogen (secondary N) is 1. The van der Waals surface area contributed by atoms with Crippen molar-refractivity contribution >= 4 is 40.3 Å². The molecule has 2 aromatic carbocycles. The normalized spacial score (nSPS) is 31.7. The number of aliphatic hydroxyl groups excluding tert-OH is 3. The summed E-state index contributed by atoms with van der Waals surface area (Å²) < 4.78 is 23.4. The van der Waals surface area contributed by atoms with Gasteiger partial charge in [0.05, 0.1) is 53.0 Å². The molecular weight excluding hydrogens is 780 g/mol. The van der Waals surface area contributed by atoms with E-state index in [4.69, 9.17) is 18.9 Å². The van der Waals surface area contributed by atoms with Crippen LogP contribution in [0.2, 0.25) is 0 Å². The number of rotatable bonds is 5. The summed E-state index contributed by atoms with van der Waals surface area (Å²) in [6, 6.07) is 0. The second-order valence-electron chi connectivity index (χ2n) is 16.2. The molecule has 0 spiro atoms. The van der Waals surface area contributed by atoms with Gasteiger partial charge in [0.25, 0.3) is 11.7 Å². The van der Waals surface area contributed by atoms with Crippen LogP contribution in [0.4, 0.5) is 5.69 Å². The van der Waals surface area contributed by atoms with Gasteiger partial charge in [-0.15, -0.1) is 0 Å². The molecule has 4 aliphatic rings. The molecule has 0 aromatic heterocycles. The molecule has 5 bridgehead atoms. The van der Waals surface area contributed by atoms with E-state index in [1.807, 2.05) is 7.05 Å². The molecule has 7 N–H and O–H groups in total. The number of esters is 1. The third-order valence-electron chi connectivity index (χ3n) is 12.0. The number of fused-ring (bicyclic) bond motifs is 14. The number of nitrogens with zero attached hydrogens (tertiary/aromatic N) is 3. The van der Waals surface area contributed by atoms with Crippen LogP contribution in [0.5, 0.6) is 23.0 Å². The number of aromatic hydroxyl groups is 3. The lowest BCUT2D eigenvalue weighted by Crippen LogP contribution is -2.47. The molecule has 1 saturated heterocycles. The molecule has 17 heteroatoms. The van der Waals surface area contributed by atoms with Crippen molar-refractivity contribution < 1.29 is 64.0 Å². The maximum absolute atomic E-state index is 14.4. The van der Waals surface area contributed by atoms with Crippen molar-refractivity contribution in [3.8, 4) is 23.0 Å². The Kier molecular flexibility index (Phi) is 14.2. The van der Waals surface area contributed by atoms with E-state index in [-0.39, 0.29) is 44.5 Å². The Morgan fingerprint density at radius 3 is 2.27 bits per heavy atom. The van der Waals surface area contributed by atoms with E-state index in [1.165, 1.54) is 46.2 Å². The number of methoxy groups -OCH3 is 1. The summed E-state index contributed by atoms with van der Waals surface area (Å²) in [5.74, 6) is -9.17. The van der Waals surface area contributed by atoms with Crippen LogP contribution >= 0.6 is 0 Å². The summed E-state index contributed by atoms with van der Waals surface area (Å²) in [5.41, 5.74) is -0.438. The molecule has 0 aliphatic carbocycles. The number of benzene rings is 2. The number of phenols is 3. The largest absolute Gasteiger partial charge is 0.507 e. The zero-order chi connectivity index (χ0) is 44.4. The van der Waals surface area contributed by atoms with Crippen molar-refractivity contribution in [1.29, 1.82) is 0 Å². The van der Waals surface area contributed by atoms with Gasteiger partial charge in [0.1, 0.15) is 30.0 Å². The van der Waals surface area contributed by atoms with Crippen molar-refractivity contribution in [3.63, 3.8) is 0 Å². The van der Waals surface area contributed by atoms with Crippen molar-refractivity contribution in [3.05, 3.63) is 52.8 Å². The Labute approximate surface area is 349 Å². The number of hydrazone groups is 1. The summed E-state index contributed by atoms with van der Waals surface area (Å²) in [6.07, 6.45) is 4.31. The quantitative estimate of drug-likeness (QED) is 0.0990. The van der Waals surface area contributed by atoms with E-state index in [0.717, 1.165) is 6.26 Å². The van der Waals surface area contributed by atoms with Crippen molar-refractivity contribution in [2.24, 2.45) is 28.8 Å². The monoisotopic (exact) mass is 838 g/mol. The molecule has 17 nitrogen and oxygen atoms in total. The maximum atomic E-state index is 14.4. The third-order valence-corrected chi connectivity index (χ3v) is 12.0. The van der Waals surface area contributed by atoms with Crippen LogP contribution in [0.1, 0.15) is 63.0 Å². The van der Waals surface area contributed by atoms with E-state index in [1.54, 1.807) is 44.9 Å². The van der Waals surface area contributed by atoms with Crippen molar-refractivity contribution in [2.45, 2.75) is 78.7 Å². The molecule has 0 radical (unpaired) electrons. The van der Waals surface area contributed by atoms with Gasteiger partial charge in [0, 0.05) is 80.4 Å². The highest BCUT2D eigenvalue weighted by atomic mass is 16.7. The van der Waals surface area contributed by atoms with E-state index < -0.39 is 95.4 Å². The minimum absolute atomic E-state index is 0.0368. The lowest BCUT2D eigenvalue weighted by atomic mass is 9.78. The Bertz CT molecular complexity index is 2090. The van der Waals surface area contributed by atoms with Crippen LogP contribution in [0.3, 0.4) is 0 Å². The summed E-state index contributed by atoms with van der Waals surface area (Å²) in [6.45, 7) is 12.6. The second kappa shape index (κ2) is 18.6. The number of piperazine rings is 1. The number of phenolic OH excluding ortho intramolecular Hbond substituents is 3. The molecule has 0 unspecified atom stereocenters. The highest BCUT2D eigenvalue weighted by molar-refractivity contribution is 6.23. The van der Waals surface area contributed by atoms with Gasteiger partial charge in [0.15, 0.2) is 5.75 Å². The molecule has 1 fully saturated rings. The molecule has 60 heavy (non-hydrogen) atoms. The molecular formula is C43H58N4O13. The van der Waals surface area contributed by atoms with Gasteiger partial charge in [-0.2, -0.15) is 5.10 Å². The number of ether oxygens (including phenoxy) is 4.